The summed E-state index contributed by atoms with van der Waals surface area (Å²) in [6.45, 7) is 6.81. The predicted octanol–water partition coefficient (Wildman–Crippen LogP) is 5.22. The monoisotopic (exact) mass is 281 g/mol. The summed E-state index contributed by atoms with van der Waals surface area (Å²) in [5, 5.41) is 4.60. The molecule has 0 aromatic heterocycles. The third-order valence-corrected chi connectivity index (χ3v) is 3.77. The average Bonchev–Trinajstić information content (AvgIpc) is 2.39. The van der Waals surface area contributed by atoms with E-state index in [4.69, 9.17) is 11.6 Å². The standard InChI is InChI=1S/C17H28ClN/c1-4-6-8-17(7-5-2)19-14(3)13-15-9-11-16(18)12-10-15/h9-12,14,17,19H,4-8,13H2,1-3H3. The highest BCUT2D eigenvalue weighted by Crippen LogP contribution is 2.13. The van der Waals surface area contributed by atoms with E-state index in [-0.39, 0.29) is 0 Å². The summed E-state index contributed by atoms with van der Waals surface area (Å²) in [6, 6.07) is 9.40. The lowest BCUT2D eigenvalue weighted by Gasteiger charge is -2.23. The molecular weight excluding hydrogens is 254 g/mol. The summed E-state index contributed by atoms with van der Waals surface area (Å²) in [6.07, 6.45) is 7.53. The van der Waals surface area contributed by atoms with Gasteiger partial charge in [0.05, 0.1) is 0 Å². The molecule has 0 fully saturated rings. The lowest BCUT2D eigenvalue weighted by Crippen LogP contribution is -2.37. The van der Waals surface area contributed by atoms with Crippen molar-refractivity contribution in [3.8, 4) is 0 Å². The molecule has 0 aliphatic carbocycles. The Morgan fingerprint density at radius 3 is 2.32 bits per heavy atom. The van der Waals surface area contributed by atoms with Gasteiger partial charge in [-0.15, -0.1) is 0 Å². The van der Waals surface area contributed by atoms with Gasteiger partial charge in [0.1, 0.15) is 0 Å². The minimum Gasteiger partial charge on any atom is -0.311 e. The van der Waals surface area contributed by atoms with E-state index in [1.807, 2.05) is 12.1 Å². The van der Waals surface area contributed by atoms with E-state index in [0.29, 0.717) is 12.1 Å². The minimum absolute atomic E-state index is 0.523. The van der Waals surface area contributed by atoms with Crippen LogP contribution in [0.2, 0.25) is 5.02 Å². The van der Waals surface area contributed by atoms with Crippen LogP contribution in [-0.4, -0.2) is 12.1 Å². The zero-order valence-electron chi connectivity index (χ0n) is 12.6. The van der Waals surface area contributed by atoms with Gasteiger partial charge in [0, 0.05) is 17.1 Å². The zero-order chi connectivity index (χ0) is 14.1. The molecule has 0 amide bonds. The van der Waals surface area contributed by atoms with Crippen LogP contribution >= 0.6 is 11.6 Å². The van der Waals surface area contributed by atoms with E-state index in [9.17, 15) is 0 Å². The Kier molecular flexibility index (Phi) is 8.16. The fourth-order valence-corrected chi connectivity index (χ4v) is 2.67. The number of benzene rings is 1. The fourth-order valence-electron chi connectivity index (χ4n) is 2.55. The molecule has 0 heterocycles. The molecular formula is C17H28ClN. The number of halogens is 1. The Morgan fingerprint density at radius 2 is 1.74 bits per heavy atom. The SMILES string of the molecule is CCCCC(CCC)NC(C)Cc1ccc(Cl)cc1. The van der Waals surface area contributed by atoms with Gasteiger partial charge in [-0.2, -0.15) is 0 Å². The third kappa shape index (κ3) is 6.98. The highest BCUT2D eigenvalue weighted by molar-refractivity contribution is 6.30. The maximum absolute atomic E-state index is 5.92. The maximum Gasteiger partial charge on any atom is 0.0406 e. The summed E-state index contributed by atoms with van der Waals surface area (Å²) < 4.78 is 0. The number of nitrogens with one attached hydrogen (secondary N) is 1. The van der Waals surface area contributed by atoms with Crippen molar-refractivity contribution in [3.05, 3.63) is 34.9 Å². The topological polar surface area (TPSA) is 12.0 Å². The summed E-state index contributed by atoms with van der Waals surface area (Å²) >= 11 is 5.92. The van der Waals surface area contributed by atoms with Crippen molar-refractivity contribution in [3.63, 3.8) is 0 Å². The van der Waals surface area contributed by atoms with Crippen LogP contribution in [-0.2, 0) is 6.42 Å². The molecule has 0 spiro atoms. The van der Waals surface area contributed by atoms with Gasteiger partial charge in [0.15, 0.2) is 0 Å². The van der Waals surface area contributed by atoms with Crippen molar-refractivity contribution < 1.29 is 0 Å². The molecule has 19 heavy (non-hydrogen) atoms. The van der Waals surface area contributed by atoms with Gasteiger partial charge in [-0.3, -0.25) is 0 Å². The van der Waals surface area contributed by atoms with Crippen molar-refractivity contribution >= 4 is 11.6 Å². The number of unbranched alkanes of at least 4 members (excludes halogenated alkanes) is 1. The van der Waals surface area contributed by atoms with Crippen molar-refractivity contribution in [1.29, 1.82) is 0 Å². The Bertz CT molecular complexity index is 334. The van der Waals surface area contributed by atoms with Crippen LogP contribution in [0, 0.1) is 0 Å². The Hall–Kier alpha value is -0.530. The summed E-state index contributed by atoms with van der Waals surface area (Å²) in [7, 11) is 0. The first-order chi connectivity index (χ1) is 9.15. The van der Waals surface area contributed by atoms with Crippen LogP contribution in [0.15, 0.2) is 24.3 Å². The van der Waals surface area contributed by atoms with Gasteiger partial charge in [0.2, 0.25) is 0 Å². The molecule has 108 valence electrons. The molecule has 0 radical (unpaired) electrons. The molecule has 0 aliphatic rings. The molecule has 2 unspecified atom stereocenters. The normalized spacial score (nSPS) is 14.3. The lowest BCUT2D eigenvalue weighted by atomic mass is 10.0. The predicted molar refractivity (Wildman–Crippen MR) is 86.0 cm³/mol. The summed E-state index contributed by atoms with van der Waals surface area (Å²) in [5.41, 5.74) is 1.36. The average molecular weight is 282 g/mol. The molecule has 0 aliphatic heterocycles. The van der Waals surface area contributed by atoms with E-state index in [2.05, 4.69) is 38.2 Å². The van der Waals surface area contributed by atoms with E-state index >= 15 is 0 Å². The van der Waals surface area contributed by atoms with Gasteiger partial charge in [0.25, 0.3) is 0 Å². The second-order valence-corrected chi connectivity index (χ2v) is 5.96. The first kappa shape index (κ1) is 16.5. The minimum atomic E-state index is 0.523. The first-order valence-corrected chi connectivity index (χ1v) is 8.04. The van der Waals surface area contributed by atoms with Crippen LogP contribution in [0.4, 0.5) is 0 Å². The molecule has 0 saturated carbocycles. The maximum atomic E-state index is 5.92. The van der Waals surface area contributed by atoms with Crippen molar-refractivity contribution in [2.75, 3.05) is 0 Å². The quantitative estimate of drug-likeness (QED) is 0.654. The number of hydrogen-bond acceptors (Lipinski definition) is 1. The van der Waals surface area contributed by atoms with Crippen molar-refractivity contribution in [2.24, 2.45) is 0 Å². The van der Waals surface area contributed by atoms with E-state index in [0.717, 1.165) is 11.4 Å². The van der Waals surface area contributed by atoms with Gasteiger partial charge in [-0.25, -0.2) is 0 Å². The van der Waals surface area contributed by atoms with Gasteiger partial charge < -0.3 is 5.32 Å². The van der Waals surface area contributed by atoms with Crippen LogP contribution in [0.5, 0.6) is 0 Å². The zero-order valence-corrected chi connectivity index (χ0v) is 13.3. The van der Waals surface area contributed by atoms with Crippen LogP contribution in [0.3, 0.4) is 0 Å². The fraction of sp³-hybridized carbons (Fsp3) is 0.647. The van der Waals surface area contributed by atoms with Crippen LogP contribution < -0.4 is 5.32 Å². The van der Waals surface area contributed by atoms with Gasteiger partial charge in [-0.1, -0.05) is 56.8 Å². The van der Waals surface area contributed by atoms with E-state index < -0.39 is 0 Å². The Balaban J connectivity index is 2.42. The van der Waals surface area contributed by atoms with Crippen molar-refractivity contribution in [2.45, 2.75) is 71.4 Å². The second-order valence-electron chi connectivity index (χ2n) is 5.53. The molecule has 1 N–H and O–H groups in total. The first-order valence-electron chi connectivity index (χ1n) is 7.66. The number of hydrogen-bond donors (Lipinski definition) is 1. The molecule has 2 heteroatoms. The summed E-state index contributed by atoms with van der Waals surface area (Å²) in [5.74, 6) is 0. The van der Waals surface area contributed by atoms with Crippen LogP contribution in [0.1, 0.15) is 58.4 Å². The molecule has 1 nitrogen and oxygen atoms in total. The Morgan fingerprint density at radius 1 is 1.05 bits per heavy atom. The highest BCUT2D eigenvalue weighted by atomic mass is 35.5. The third-order valence-electron chi connectivity index (χ3n) is 3.52. The molecule has 1 rings (SSSR count). The number of rotatable bonds is 9. The molecule has 0 saturated heterocycles. The van der Waals surface area contributed by atoms with Crippen LogP contribution in [0.25, 0.3) is 0 Å². The lowest BCUT2D eigenvalue weighted by molar-refractivity contribution is 0.389. The molecule has 1 aromatic carbocycles. The molecule has 2 atom stereocenters. The van der Waals surface area contributed by atoms with Crippen molar-refractivity contribution in [1.82, 2.24) is 5.32 Å². The Labute approximate surface area is 123 Å². The highest BCUT2D eigenvalue weighted by Gasteiger charge is 2.11. The second kappa shape index (κ2) is 9.39. The molecule has 0 bridgehead atoms. The molecule has 1 aromatic rings. The van der Waals surface area contributed by atoms with Gasteiger partial charge >= 0.3 is 0 Å². The van der Waals surface area contributed by atoms with E-state index in [1.165, 1.54) is 37.7 Å². The van der Waals surface area contributed by atoms with Gasteiger partial charge in [-0.05, 0) is 43.9 Å². The largest absolute Gasteiger partial charge is 0.311 e. The smallest absolute Gasteiger partial charge is 0.0406 e. The van der Waals surface area contributed by atoms with E-state index in [1.54, 1.807) is 0 Å². The summed E-state index contributed by atoms with van der Waals surface area (Å²) in [4.78, 5) is 0.